The molecule has 8 heteroatoms. The number of rotatable bonds is 6. The molecule has 0 aliphatic carbocycles. The van der Waals surface area contributed by atoms with Crippen molar-refractivity contribution >= 4 is 29.9 Å². The quantitative estimate of drug-likeness (QED) is 0.316. The number of hydrogen-bond acceptors (Lipinski definition) is 4. The Morgan fingerprint density at radius 1 is 1.21 bits per heavy atom. The number of guanidine groups is 1. The number of aliphatic imine (C=N–C) groups is 1. The van der Waals surface area contributed by atoms with Crippen molar-refractivity contribution in [3.05, 3.63) is 71.9 Å². The first-order valence-corrected chi connectivity index (χ1v) is 9.11. The van der Waals surface area contributed by atoms with E-state index in [1.165, 1.54) is 0 Å². The van der Waals surface area contributed by atoms with Crippen LogP contribution in [0.5, 0.6) is 5.75 Å². The van der Waals surface area contributed by atoms with Gasteiger partial charge in [-0.25, -0.2) is 9.97 Å². The normalized spacial score (nSPS) is 11.0. The Morgan fingerprint density at radius 2 is 2.00 bits per heavy atom. The third kappa shape index (κ3) is 5.69. The maximum Gasteiger partial charge on any atom is 0.193 e. The Labute approximate surface area is 188 Å². The van der Waals surface area contributed by atoms with E-state index >= 15 is 0 Å². The zero-order valence-corrected chi connectivity index (χ0v) is 19.5. The molecule has 0 fully saturated rings. The predicted molar refractivity (Wildman–Crippen MR) is 126 cm³/mol. The minimum Gasteiger partial charge on any atom is -0.496 e. The lowest BCUT2D eigenvalue weighted by molar-refractivity contribution is 0.396. The fourth-order valence-corrected chi connectivity index (χ4v) is 3.01. The van der Waals surface area contributed by atoms with Crippen LogP contribution in [0.1, 0.15) is 17.0 Å². The van der Waals surface area contributed by atoms with Crippen molar-refractivity contribution in [1.29, 1.82) is 0 Å². The summed E-state index contributed by atoms with van der Waals surface area (Å²) in [6.07, 6.45) is 5.55. The van der Waals surface area contributed by atoms with Crippen molar-refractivity contribution < 1.29 is 4.74 Å². The molecule has 2 aromatic heterocycles. The van der Waals surface area contributed by atoms with Crippen LogP contribution in [0.4, 0.5) is 0 Å². The van der Waals surface area contributed by atoms with E-state index in [0.717, 1.165) is 34.5 Å². The molecule has 1 aromatic carbocycles. The zero-order valence-electron chi connectivity index (χ0n) is 17.2. The van der Waals surface area contributed by atoms with Gasteiger partial charge in [-0.1, -0.05) is 24.3 Å². The molecular weight excluding hydrogens is 479 g/mol. The first-order valence-electron chi connectivity index (χ1n) is 9.11. The van der Waals surface area contributed by atoms with Gasteiger partial charge in [-0.05, 0) is 24.6 Å². The minimum absolute atomic E-state index is 0. The summed E-state index contributed by atoms with van der Waals surface area (Å²) in [5.74, 6) is 3.45. The lowest BCUT2D eigenvalue weighted by Gasteiger charge is -2.23. The number of ether oxygens (including phenoxy) is 1. The largest absolute Gasteiger partial charge is 0.496 e. The topological polar surface area (TPSA) is 67.6 Å². The van der Waals surface area contributed by atoms with Gasteiger partial charge in [0.25, 0.3) is 0 Å². The van der Waals surface area contributed by atoms with E-state index in [1.807, 2.05) is 55.2 Å². The number of para-hydroxylation sites is 1. The highest BCUT2D eigenvalue weighted by Crippen LogP contribution is 2.18. The molecule has 0 saturated carbocycles. The molecular formula is C21H27IN6O. The van der Waals surface area contributed by atoms with Crippen LogP contribution >= 0.6 is 24.0 Å². The Hall–Kier alpha value is -2.62. The number of pyridine rings is 1. The summed E-state index contributed by atoms with van der Waals surface area (Å²) >= 11 is 0. The van der Waals surface area contributed by atoms with Crippen molar-refractivity contribution in [2.24, 2.45) is 4.99 Å². The fraction of sp³-hybridized carbons (Fsp3) is 0.286. The summed E-state index contributed by atoms with van der Waals surface area (Å²) in [4.78, 5) is 15.2. The maximum absolute atomic E-state index is 5.44. The van der Waals surface area contributed by atoms with Crippen LogP contribution in [-0.2, 0) is 13.1 Å². The molecule has 3 rings (SSSR count). The number of nitrogens with one attached hydrogen (secondary N) is 1. The van der Waals surface area contributed by atoms with Crippen molar-refractivity contribution in [1.82, 2.24) is 24.8 Å². The fourth-order valence-electron chi connectivity index (χ4n) is 3.01. The van der Waals surface area contributed by atoms with Gasteiger partial charge < -0.3 is 15.0 Å². The molecule has 29 heavy (non-hydrogen) atoms. The number of halogens is 1. The molecule has 3 aromatic rings. The van der Waals surface area contributed by atoms with E-state index in [9.17, 15) is 0 Å². The van der Waals surface area contributed by atoms with E-state index in [1.54, 1.807) is 20.4 Å². The van der Waals surface area contributed by atoms with Gasteiger partial charge in [0, 0.05) is 51.3 Å². The molecule has 0 bridgehead atoms. The first-order chi connectivity index (χ1) is 13.6. The average molecular weight is 506 g/mol. The van der Waals surface area contributed by atoms with Gasteiger partial charge in [-0.3, -0.25) is 9.56 Å². The smallest absolute Gasteiger partial charge is 0.193 e. The highest BCUT2D eigenvalue weighted by Gasteiger charge is 2.10. The van der Waals surface area contributed by atoms with Crippen molar-refractivity contribution in [3.63, 3.8) is 0 Å². The third-order valence-electron chi connectivity index (χ3n) is 4.51. The lowest BCUT2D eigenvalue weighted by Crippen LogP contribution is -2.38. The molecule has 1 N–H and O–H groups in total. The number of nitrogens with zero attached hydrogens (tertiary/aromatic N) is 5. The molecule has 0 spiro atoms. The Bertz CT molecular complexity index is 938. The van der Waals surface area contributed by atoms with Crippen molar-refractivity contribution in [2.45, 2.75) is 20.0 Å². The number of aromatic nitrogens is 3. The lowest BCUT2D eigenvalue weighted by atomic mass is 10.2. The molecule has 0 amide bonds. The second-order valence-electron chi connectivity index (χ2n) is 6.44. The zero-order chi connectivity index (χ0) is 19.9. The highest BCUT2D eigenvalue weighted by atomic mass is 127. The molecule has 7 nitrogen and oxygen atoms in total. The molecule has 0 aliphatic rings. The Morgan fingerprint density at radius 3 is 2.62 bits per heavy atom. The van der Waals surface area contributed by atoms with Crippen molar-refractivity contribution in [2.75, 3.05) is 21.2 Å². The molecule has 0 saturated heterocycles. The van der Waals surface area contributed by atoms with Crippen molar-refractivity contribution in [3.8, 4) is 11.6 Å². The van der Waals surface area contributed by atoms with Gasteiger partial charge in [0.15, 0.2) is 5.96 Å². The summed E-state index contributed by atoms with van der Waals surface area (Å²) < 4.78 is 7.39. The molecule has 2 heterocycles. The third-order valence-corrected chi connectivity index (χ3v) is 4.51. The number of hydrogen-bond donors (Lipinski definition) is 1. The van der Waals surface area contributed by atoms with Gasteiger partial charge in [-0.15, -0.1) is 24.0 Å². The second-order valence-corrected chi connectivity index (χ2v) is 6.44. The average Bonchev–Trinajstić information content (AvgIpc) is 3.15. The number of methoxy groups -OCH3 is 1. The number of aryl methyl sites for hydroxylation is 1. The number of benzene rings is 1. The van der Waals surface area contributed by atoms with Gasteiger partial charge in [0.2, 0.25) is 0 Å². The first kappa shape index (κ1) is 22.7. The summed E-state index contributed by atoms with van der Waals surface area (Å²) in [6, 6.07) is 12.1. The van der Waals surface area contributed by atoms with E-state index in [0.29, 0.717) is 13.1 Å². The van der Waals surface area contributed by atoms with Crippen LogP contribution in [0.25, 0.3) is 5.82 Å². The van der Waals surface area contributed by atoms with Gasteiger partial charge in [-0.2, -0.15) is 0 Å². The summed E-state index contributed by atoms with van der Waals surface area (Å²) in [5, 5.41) is 3.38. The second kappa shape index (κ2) is 10.8. The predicted octanol–water partition coefficient (Wildman–Crippen LogP) is 3.41. The van der Waals surface area contributed by atoms with Crippen LogP contribution in [0.2, 0.25) is 0 Å². The van der Waals surface area contributed by atoms with E-state index in [2.05, 4.69) is 37.3 Å². The minimum atomic E-state index is 0. The van der Waals surface area contributed by atoms with Gasteiger partial charge in [0.1, 0.15) is 17.4 Å². The van der Waals surface area contributed by atoms with Crippen LogP contribution in [0.15, 0.2) is 60.0 Å². The van der Waals surface area contributed by atoms with E-state index in [-0.39, 0.29) is 24.0 Å². The summed E-state index contributed by atoms with van der Waals surface area (Å²) in [5.41, 5.74) is 2.19. The monoisotopic (exact) mass is 506 g/mol. The van der Waals surface area contributed by atoms with Crippen LogP contribution in [0, 0.1) is 6.92 Å². The Kier molecular flexibility index (Phi) is 8.44. The summed E-state index contributed by atoms with van der Waals surface area (Å²) in [6.45, 7) is 3.29. The maximum atomic E-state index is 5.44. The van der Waals surface area contributed by atoms with Crippen LogP contribution < -0.4 is 10.1 Å². The SMILES string of the molecule is CN=C(NCc1ccc(-n2ccnc2C)nc1)N(C)Cc1ccccc1OC.I. The molecule has 0 unspecified atom stereocenters. The van der Waals surface area contributed by atoms with E-state index in [4.69, 9.17) is 4.74 Å². The van der Waals surface area contributed by atoms with E-state index < -0.39 is 0 Å². The standard InChI is InChI=1S/C21H26N6O.HI/c1-16-23-11-12-27(16)20-10-9-17(13-24-20)14-25-21(22-2)26(3)15-18-7-5-6-8-19(18)28-4;/h5-13H,14-15H2,1-4H3,(H,22,25);1H. The van der Waals surface area contributed by atoms with Gasteiger partial charge in [0.05, 0.1) is 7.11 Å². The Balaban J connectivity index is 0.00000300. The van der Waals surface area contributed by atoms with Crippen LogP contribution in [-0.4, -0.2) is 46.6 Å². The number of imidazole rings is 1. The highest BCUT2D eigenvalue weighted by molar-refractivity contribution is 14.0. The van der Waals surface area contributed by atoms with Crippen LogP contribution in [0.3, 0.4) is 0 Å². The summed E-state index contributed by atoms with van der Waals surface area (Å²) in [7, 11) is 5.48. The van der Waals surface area contributed by atoms with Gasteiger partial charge >= 0.3 is 0 Å². The molecule has 0 radical (unpaired) electrons. The molecule has 154 valence electrons. The molecule has 0 aliphatic heterocycles. The molecule has 0 atom stereocenters.